The number of benzene rings is 2. The second-order valence-electron chi connectivity index (χ2n) is 4.97. The third-order valence-corrected chi connectivity index (χ3v) is 4.27. The van der Waals surface area contributed by atoms with Crippen LogP contribution < -0.4 is 10.6 Å². The van der Waals surface area contributed by atoms with Gasteiger partial charge in [-0.25, -0.2) is 4.39 Å². The number of halogens is 2. The zero-order chi connectivity index (χ0) is 15.6. The molecule has 0 atom stereocenters. The van der Waals surface area contributed by atoms with Crippen molar-refractivity contribution >= 4 is 38.8 Å². The summed E-state index contributed by atoms with van der Waals surface area (Å²) in [7, 11) is 1.85. The first kappa shape index (κ1) is 15.9. The van der Waals surface area contributed by atoms with E-state index in [9.17, 15) is 4.39 Å². The van der Waals surface area contributed by atoms with Gasteiger partial charge < -0.3 is 10.6 Å². The Morgan fingerprint density at radius 2 is 1.86 bits per heavy atom. The molecule has 0 spiro atoms. The lowest BCUT2D eigenvalue weighted by atomic mass is 10.1. The van der Waals surface area contributed by atoms with Gasteiger partial charge in [-0.1, -0.05) is 42.0 Å². The Hall–Kier alpha value is -1.46. The maximum absolute atomic E-state index is 14.4. The van der Waals surface area contributed by atoms with E-state index in [4.69, 9.17) is 18.0 Å². The van der Waals surface area contributed by atoms with E-state index < -0.39 is 0 Å². The Bertz CT molecular complexity index is 671. The van der Waals surface area contributed by atoms with E-state index in [1.807, 2.05) is 43.1 Å². The van der Waals surface area contributed by atoms with E-state index in [1.165, 1.54) is 5.56 Å². The van der Waals surface area contributed by atoms with Gasteiger partial charge in [0.05, 0.1) is 10.2 Å². The lowest BCUT2D eigenvalue weighted by molar-refractivity contribution is 0.615. The lowest BCUT2D eigenvalue weighted by Crippen LogP contribution is -2.19. The summed E-state index contributed by atoms with van der Waals surface area (Å²) in [5.74, 6) is -0.352. The molecule has 0 saturated carbocycles. The average Bonchev–Trinajstić information content (AvgIpc) is 2.43. The van der Waals surface area contributed by atoms with Gasteiger partial charge in [-0.15, -0.1) is 0 Å². The van der Waals surface area contributed by atoms with Crippen molar-refractivity contribution in [2.45, 2.75) is 13.5 Å². The first-order valence-electron chi connectivity index (χ1n) is 6.44. The molecule has 0 heterocycles. The Balaban J connectivity index is 2.27. The van der Waals surface area contributed by atoms with Gasteiger partial charge in [0.2, 0.25) is 0 Å². The van der Waals surface area contributed by atoms with Crippen molar-refractivity contribution < 1.29 is 4.39 Å². The third-order valence-electron chi connectivity index (χ3n) is 3.28. The highest BCUT2D eigenvalue weighted by molar-refractivity contribution is 9.10. The summed E-state index contributed by atoms with van der Waals surface area (Å²) in [6, 6.07) is 11.6. The molecule has 2 nitrogen and oxygen atoms in total. The number of aryl methyl sites for hydroxylation is 1. The van der Waals surface area contributed by atoms with Gasteiger partial charge in [0, 0.05) is 19.2 Å². The van der Waals surface area contributed by atoms with E-state index in [-0.39, 0.29) is 10.8 Å². The molecule has 2 N–H and O–H groups in total. The van der Waals surface area contributed by atoms with E-state index >= 15 is 0 Å². The molecule has 110 valence electrons. The normalized spacial score (nSPS) is 10.5. The maximum Gasteiger partial charge on any atom is 0.161 e. The van der Waals surface area contributed by atoms with Crippen molar-refractivity contribution in [1.82, 2.24) is 0 Å². The van der Waals surface area contributed by atoms with Crippen LogP contribution in [0.15, 0.2) is 40.9 Å². The first-order chi connectivity index (χ1) is 9.90. The lowest BCUT2D eigenvalue weighted by Gasteiger charge is -2.21. The van der Waals surface area contributed by atoms with Crippen molar-refractivity contribution in [2.75, 3.05) is 11.9 Å². The van der Waals surface area contributed by atoms with E-state index in [1.54, 1.807) is 12.1 Å². The van der Waals surface area contributed by atoms with Crippen LogP contribution >= 0.6 is 28.1 Å². The third kappa shape index (κ3) is 3.60. The fourth-order valence-corrected chi connectivity index (χ4v) is 2.93. The number of hydrogen-bond donors (Lipinski definition) is 1. The van der Waals surface area contributed by atoms with Crippen LogP contribution in [0.1, 0.15) is 16.7 Å². The van der Waals surface area contributed by atoms with E-state index in [0.29, 0.717) is 22.3 Å². The van der Waals surface area contributed by atoms with Gasteiger partial charge in [0.25, 0.3) is 0 Å². The topological polar surface area (TPSA) is 29.3 Å². The largest absolute Gasteiger partial charge is 0.389 e. The first-order valence-corrected chi connectivity index (χ1v) is 7.64. The summed E-state index contributed by atoms with van der Waals surface area (Å²) < 4.78 is 14.7. The Morgan fingerprint density at radius 1 is 1.24 bits per heavy atom. The fraction of sp³-hybridized carbons (Fsp3) is 0.188. The molecule has 21 heavy (non-hydrogen) atoms. The molecule has 0 aliphatic heterocycles. The highest BCUT2D eigenvalue weighted by Crippen LogP contribution is 2.29. The number of thiocarbonyl (C=S) groups is 1. The van der Waals surface area contributed by atoms with Crippen LogP contribution in [-0.4, -0.2) is 12.0 Å². The zero-order valence-electron chi connectivity index (χ0n) is 11.9. The van der Waals surface area contributed by atoms with Gasteiger partial charge in [-0.3, -0.25) is 0 Å². The van der Waals surface area contributed by atoms with Gasteiger partial charge in [-0.05, 0) is 40.5 Å². The van der Waals surface area contributed by atoms with Crippen LogP contribution in [0.4, 0.5) is 10.1 Å². The number of rotatable bonds is 4. The molecule has 2 rings (SSSR count). The number of nitrogens with zero attached hydrogens (tertiary/aromatic N) is 1. The molecule has 0 unspecified atom stereocenters. The minimum atomic E-state index is -0.352. The molecular formula is C16H16BrFN2S. The Morgan fingerprint density at radius 3 is 2.43 bits per heavy atom. The molecule has 0 radical (unpaired) electrons. The minimum absolute atomic E-state index is 0.175. The smallest absolute Gasteiger partial charge is 0.161 e. The van der Waals surface area contributed by atoms with Crippen molar-refractivity contribution in [3.05, 3.63) is 63.4 Å². The van der Waals surface area contributed by atoms with Crippen LogP contribution in [0.5, 0.6) is 0 Å². The van der Waals surface area contributed by atoms with Crippen molar-refractivity contribution in [3.63, 3.8) is 0 Å². The molecule has 0 saturated heterocycles. The number of hydrogen-bond acceptors (Lipinski definition) is 2. The summed E-state index contributed by atoms with van der Waals surface area (Å²) >= 11 is 8.13. The van der Waals surface area contributed by atoms with Crippen LogP contribution in [0.3, 0.4) is 0 Å². The van der Waals surface area contributed by atoms with Crippen LogP contribution in [-0.2, 0) is 6.54 Å². The Labute approximate surface area is 137 Å². The summed E-state index contributed by atoms with van der Waals surface area (Å²) in [5, 5.41) is 0. The van der Waals surface area contributed by atoms with Gasteiger partial charge >= 0.3 is 0 Å². The maximum atomic E-state index is 14.4. The van der Waals surface area contributed by atoms with Crippen molar-refractivity contribution in [3.8, 4) is 0 Å². The molecule has 0 aliphatic carbocycles. The molecule has 5 heteroatoms. The molecule has 2 aromatic carbocycles. The fourth-order valence-electron chi connectivity index (χ4n) is 2.08. The predicted molar refractivity (Wildman–Crippen MR) is 93.3 cm³/mol. The molecule has 0 bridgehead atoms. The average molecular weight is 367 g/mol. The molecular weight excluding hydrogens is 351 g/mol. The monoisotopic (exact) mass is 366 g/mol. The molecule has 0 aliphatic rings. The molecule has 0 aromatic heterocycles. The molecule has 0 amide bonds. The molecule has 2 aromatic rings. The van der Waals surface area contributed by atoms with Crippen LogP contribution in [0, 0.1) is 12.7 Å². The standard InChI is InChI=1S/C16H16BrFN2S/c1-10-3-5-11(6-4-10)9-20(2)13-8-7-12(16(19)21)14(17)15(13)18/h3-8H,9H2,1-2H3,(H2,19,21). The molecule has 0 fully saturated rings. The van der Waals surface area contributed by atoms with Crippen molar-refractivity contribution in [2.24, 2.45) is 5.73 Å². The zero-order valence-corrected chi connectivity index (χ0v) is 14.3. The predicted octanol–water partition coefficient (Wildman–Crippen LogP) is 4.17. The summed E-state index contributed by atoms with van der Waals surface area (Å²) in [6.07, 6.45) is 0. The minimum Gasteiger partial charge on any atom is -0.389 e. The summed E-state index contributed by atoms with van der Waals surface area (Å²) in [5.41, 5.74) is 8.91. The van der Waals surface area contributed by atoms with Crippen LogP contribution in [0.25, 0.3) is 0 Å². The highest BCUT2D eigenvalue weighted by Gasteiger charge is 2.15. The number of nitrogens with two attached hydrogens (primary N) is 1. The second-order valence-corrected chi connectivity index (χ2v) is 6.20. The van der Waals surface area contributed by atoms with Gasteiger partial charge in [0.1, 0.15) is 4.99 Å². The SMILES string of the molecule is Cc1ccc(CN(C)c2ccc(C(N)=S)c(Br)c2F)cc1. The highest BCUT2D eigenvalue weighted by atomic mass is 79.9. The van der Waals surface area contributed by atoms with Gasteiger partial charge in [0.15, 0.2) is 5.82 Å². The summed E-state index contributed by atoms with van der Waals surface area (Å²) in [4.78, 5) is 2.03. The summed E-state index contributed by atoms with van der Waals surface area (Å²) in [6.45, 7) is 2.66. The second kappa shape index (κ2) is 6.54. The van der Waals surface area contributed by atoms with E-state index in [2.05, 4.69) is 15.9 Å². The van der Waals surface area contributed by atoms with Gasteiger partial charge in [-0.2, -0.15) is 0 Å². The Kier molecular flexibility index (Phi) is 4.96. The van der Waals surface area contributed by atoms with Crippen LogP contribution in [0.2, 0.25) is 0 Å². The number of anilines is 1. The van der Waals surface area contributed by atoms with Crippen molar-refractivity contribution in [1.29, 1.82) is 0 Å². The van der Waals surface area contributed by atoms with E-state index in [0.717, 1.165) is 5.56 Å². The quantitative estimate of drug-likeness (QED) is 0.823.